The molecule has 3 nitrogen and oxygen atoms in total. The van der Waals surface area contributed by atoms with Gasteiger partial charge in [0.05, 0.1) is 7.11 Å². The first-order valence-electron chi connectivity index (χ1n) is 4.55. The van der Waals surface area contributed by atoms with Crippen LogP contribution in [-0.4, -0.2) is 19.2 Å². The first-order chi connectivity index (χ1) is 7.04. The van der Waals surface area contributed by atoms with Gasteiger partial charge >= 0.3 is 5.97 Å². The second-order valence-corrected chi connectivity index (χ2v) is 4.44. The van der Waals surface area contributed by atoms with E-state index in [2.05, 4.69) is 27.3 Å². The number of hydrogen-bond acceptors (Lipinski definition) is 3. The van der Waals surface area contributed by atoms with Crippen molar-refractivity contribution < 1.29 is 14.3 Å². The number of benzene rings is 1. The lowest BCUT2D eigenvalue weighted by Gasteiger charge is -2.14. The molecule has 0 aliphatic heterocycles. The largest absolute Gasteiger partial charge is 0.479 e. The van der Waals surface area contributed by atoms with E-state index in [1.807, 2.05) is 25.1 Å². The van der Waals surface area contributed by atoms with Gasteiger partial charge < -0.3 is 9.47 Å². The zero-order chi connectivity index (χ0) is 11.4. The normalized spacial score (nSPS) is 12.0. The van der Waals surface area contributed by atoms with Crippen molar-refractivity contribution in [1.82, 2.24) is 0 Å². The summed E-state index contributed by atoms with van der Waals surface area (Å²) in [6.07, 6.45) is -0.575. The minimum atomic E-state index is -0.575. The summed E-state index contributed by atoms with van der Waals surface area (Å²) >= 11 is 2.23. The molecule has 0 bridgehead atoms. The number of halogens is 1. The molecule has 0 heterocycles. The third-order valence-electron chi connectivity index (χ3n) is 1.97. The number of ether oxygens (including phenoxy) is 2. The molecular weight excluding hydrogens is 307 g/mol. The van der Waals surface area contributed by atoms with Crippen LogP contribution >= 0.6 is 22.6 Å². The fourth-order valence-electron chi connectivity index (χ4n) is 1.15. The molecule has 0 N–H and O–H groups in total. The number of rotatable bonds is 3. The number of esters is 1. The maximum Gasteiger partial charge on any atom is 0.346 e. The average Bonchev–Trinajstić information content (AvgIpc) is 2.20. The van der Waals surface area contributed by atoms with Gasteiger partial charge in [0.25, 0.3) is 0 Å². The molecule has 1 aromatic rings. The molecule has 0 aliphatic rings. The summed E-state index contributed by atoms with van der Waals surface area (Å²) in [4.78, 5) is 11.1. The topological polar surface area (TPSA) is 35.5 Å². The van der Waals surface area contributed by atoms with Gasteiger partial charge in [0.2, 0.25) is 0 Å². The molecule has 0 aromatic heterocycles. The Hall–Kier alpha value is -0.780. The predicted molar refractivity (Wildman–Crippen MR) is 66.0 cm³/mol. The molecule has 0 aliphatic carbocycles. The van der Waals surface area contributed by atoms with Crippen molar-refractivity contribution in [2.45, 2.75) is 20.0 Å². The van der Waals surface area contributed by atoms with Crippen LogP contribution in [0.4, 0.5) is 0 Å². The molecule has 0 saturated heterocycles. The summed E-state index contributed by atoms with van der Waals surface area (Å²) in [5, 5.41) is 0. The maximum absolute atomic E-state index is 11.1. The van der Waals surface area contributed by atoms with Crippen molar-refractivity contribution in [3.8, 4) is 5.75 Å². The van der Waals surface area contributed by atoms with Gasteiger partial charge in [0, 0.05) is 3.57 Å². The van der Waals surface area contributed by atoms with Crippen molar-refractivity contribution in [1.29, 1.82) is 0 Å². The molecule has 0 amide bonds. The van der Waals surface area contributed by atoms with Gasteiger partial charge in [-0.25, -0.2) is 4.79 Å². The Morgan fingerprint density at radius 2 is 2.13 bits per heavy atom. The second-order valence-electron chi connectivity index (χ2n) is 3.19. The van der Waals surface area contributed by atoms with Gasteiger partial charge in [0.15, 0.2) is 6.10 Å². The lowest BCUT2D eigenvalue weighted by Crippen LogP contribution is -2.25. The molecule has 1 unspecified atom stereocenters. The molecule has 0 saturated carbocycles. The monoisotopic (exact) mass is 320 g/mol. The fourth-order valence-corrected chi connectivity index (χ4v) is 1.80. The molecule has 1 atom stereocenters. The quantitative estimate of drug-likeness (QED) is 0.634. The van der Waals surface area contributed by atoms with Crippen molar-refractivity contribution >= 4 is 28.6 Å². The van der Waals surface area contributed by atoms with Crippen LogP contribution in [0.25, 0.3) is 0 Å². The van der Waals surface area contributed by atoms with Crippen molar-refractivity contribution in [3.05, 3.63) is 27.3 Å². The third kappa shape index (κ3) is 3.37. The van der Waals surface area contributed by atoms with E-state index in [1.165, 1.54) is 7.11 Å². The van der Waals surface area contributed by atoms with E-state index in [-0.39, 0.29) is 5.97 Å². The van der Waals surface area contributed by atoms with E-state index >= 15 is 0 Å². The highest BCUT2D eigenvalue weighted by atomic mass is 127. The molecule has 0 fully saturated rings. The Kier molecular flexibility index (Phi) is 4.38. The predicted octanol–water partition coefficient (Wildman–Crippen LogP) is 2.54. The first-order valence-corrected chi connectivity index (χ1v) is 5.63. The second kappa shape index (κ2) is 5.34. The molecule has 1 aromatic carbocycles. The van der Waals surface area contributed by atoms with E-state index in [1.54, 1.807) is 6.92 Å². The van der Waals surface area contributed by atoms with Crippen LogP contribution in [0.3, 0.4) is 0 Å². The molecule has 1 rings (SSSR count). The Balaban J connectivity index is 2.76. The maximum atomic E-state index is 11.1. The zero-order valence-corrected chi connectivity index (χ0v) is 11.1. The van der Waals surface area contributed by atoms with Crippen LogP contribution in [0.15, 0.2) is 18.2 Å². The molecular formula is C11H13IO3. The number of carbonyl (C=O) groups is 1. The minimum Gasteiger partial charge on any atom is -0.479 e. The van der Waals surface area contributed by atoms with Gasteiger partial charge in [-0.05, 0) is 60.2 Å². The summed E-state index contributed by atoms with van der Waals surface area (Å²) in [5.41, 5.74) is 1.01. The Morgan fingerprint density at radius 3 is 2.67 bits per heavy atom. The van der Waals surface area contributed by atoms with Crippen LogP contribution in [0.2, 0.25) is 0 Å². The number of methoxy groups -OCH3 is 1. The first kappa shape index (κ1) is 12.3. The summed E-state index contributed by atoms with van der Waals surface area (Å²) in [5.74, 6) is 0.348. The third-order valence-corrected chi connectivity index (χ3v) is 2.64. The van der Waals surface area contributed by atoms with Crippen LogP contribution < -0.4 is 4.74 Å². The minimum absolute atomic E-state index is 0.368. The Labute approximate surface area is 103 Å². The van der Waals surface area contributed by atoms with Gasteiger partial charge in [0.1, 0.15) is 5.75 Å². The van der Waals surface area contributed by atoms with Crippen LogP contribution in [0, 0.1) is 10.5 Å². The summed E-state index contributed by atoms with van der Waals surface area (Å²) in [6.45, 7) is 3.62. The zero-order valence-electron chi connectivity index (χ0n) is 8.91. The fraction of sp³-hybridized carbons (Fsp3) is 0.364. The molecule has 82 valence electrons. The molecule has 0 spiro atoms. The van der Waals surface area contributed by atoms with E-state index in [0.29, 0.717) is 5.75 Å². The van der Waals surface area contributed by atoms with Crippen molar-refractivity contribution in [2.24, 2.45) is 0 Å². The van der Waals surface area contributed by atoms with E-state index in [9.17, 15) is 4.79 Å². The molecule has 15 heavy (non-hydrogen) atoms. The number of hydrogen-bond donors (Lipinski definition) is 0. The van der Waals surface area contributed by atoms with E-state index in [4.69, 9.17) is 4.74 Å². The number of carbonyl (C=O) groups excluding carboxylic acids is 1. The van der Waals surface area contributed by atoms with Crippen LogP contribution in [0.1, 0.15) is 12.5 Å². The van der Waals surface area contributed by atoms with Gasteiger partial charge in [-0.1, -0.05) is 0 Å². The Morgan fingerprint density at radius 1 is 1.47 bits per heavy atom. The van der Waals surface area contributed by atoms with Crippen LogP contribution in [-0.2, 0) is 9.53 Å². The van der Waals surface area contributed by atoms with E-state index in [0.717, 1.165) is 9.13 Å². The van der Waals surface area contributed by atoms with Gasteiger partial charge in [-0.3, -0.25) is 0 Å². The summed E-state index contributed by atoms with van der Waals surface area (Å²) in [7, 11) is 1.35. The lowest BCUT2D eigenvalue weighted by molar-refractivity contribution is -0.147. The van der Waals surface area contributed by atoms with Crippen molar-refractivity contribution in [3.63, 3.8) is 0 Å². The smallest absolute Gasteiger partial charge is 0.346 e. The summed E-state index contributed by atoms with van der Waals surface area (Å²) < 4.78 is 11.2. The SMILES string of the molecule is COC(=O)C(C)Oc1ccc(I)cc1C. The standard InChI is InChI=1S/C11H13IO3/c1-7-6-9(12)4-5-10(7)15-8(2)11(13)14-3/h4-6,8H,1-3H3. The number of aryl methyl sites for hydroxylation is 1. The van der Waals surface area contributed by atoms with Gasteiger partial charge in [-0.2, -0.15) is 0 Å². The Bertz CT molecular complexity index is 363. The van der Waals surface area contributed by atoms with Crippen molar-refractivity contribution in [2.75, 3.05) is 7.11 Å². The summed E-state index contributed by atoms with van der Waals surface area (Å²) in [6, 6.07) is 5.79. The highest BCUT2D eigenvalue weighted by Crippen LogP contribution is 2.21. The highest BCUT2D eigenvalue weighted by molar-refractivity contribution is 14.1. The molecule has 0 radical (unpaired) electrons. The highest BCUT2D eigenvalue weighted by Gasteiger charge is 2.15. The van der Waals surface area contributed by atoms with Crippen LogP contribution in [0.5, 0.6) is 5.75 Å². The van der Waals surface area contributed by atoms with E-state index < -0.39 is 6.10 Å². The lowest BCUT2D eigenvalue weighted by atomic mass is 10.2. The van der Waals surface area contributed by atoms with Gasteiger partial charge in [-0.15, -0.1) is 0 Å². The molecule has 4 heteroatoms. The average molecular weight is 320 g/mol.